The Labute approximate surface area is 50.7 Å². The largest absolute Gasteiger partial charge is 0.393 e. The summed E-state index contributed by atoms with van der Waals surface area (Å²) >= 11 is 0. The molecule has 0 heterocycles. The lowest BCUT2D eigenvalue weighted by atomic mass is 10.3. The van der Waals surface area contributed by atoms with Gasteiger partial charge in [-0.3, -0.25) is 0 Å². The smallest absolute Gasteiger partial charge is 0.0540 e. The highest BCUT2D eigenvalue weighted by atomic mass is 16.3. The maximum Gasteiger partial charge on any atom is 0.0540 e. The van der Waals surface area contributed by atoms with E-state index in [1.165, 1.54) is 19.9 Å². The maximum absolute atomic E-state index is 8.69. The van der Waals surface area contributed by atoms with E-state index in [0.29, 0.717) is 5.92 Å². The first-order chi connectivity index (χ1) is 3.80. The number of hydrogen-bond donors (Lipinski definition) is 2. The zero-order valence-corrected chi connectivity index (χ0v) is 5.59. The molecule has 1 saturated carbocycles. The van der Waals surface area contributed by atoms with Crippen LogP contribution in [0, 0.1) is 5.92 Å². The molecule has 2 heteroatoms. The van der Waals surface area contributed by atoms with Gasteiger partial charge in [-0.15, -0.1) is 0 Å². The van der Waals surface area contributed by atoms with Crippen molar-refractivity contribution in [3.8, 4) is 0 Å². The van der Waals surface area contributed by atoms with Crippen LogP contribution in [0.15, 0.2) is 0 Å². The van der Waals surface area contributed by atoms with Crippen molar-refractivity contribution in [3.05, 3.63) is 0 Å². The molecular formula is C6H15NO. The molecule has 0 aliphatic heterocycles. The molecular weight excluding hydrogens is 102 g/mol. The molecule has 0 spiro atoms. The van der Waals surface area contributed by atoms with Crippen molar-refractivity contribution in [2.45, 2.75) is 25.9 Å². The molecule has 0 radical (unpaired) electrons. The lowest BCUT2D eigenvalue weighted by molar-refractivity contribution is 0.171. The molecule has 0 aromatic carbocycles. The van der Waals surface area contributed by atoms with Crippen LogP contribution in [0.1, 0.15) is 19.8 Å². The molecule has 1 fully saturated rings. The Bertz CT molecular complexity index is 50.5. The van der Waals surface area contributed by atoms with Gasteiger partial charge >= 0.3 is 0 Å². The molecule has 8 heavy (non-hydrogen) atoms. The van der Waals surface area contributed by atoms with E-state index in [0.717, 1.165) is 0 Å². The molecule has 0 saturated heterocycles. The Hall–Kier alpha value is -0.0800. The third-order valence-electron chi connectivity index (χ3n) is 1.30. The van der Waals surface area contributed by atoms with Gasteiger partial charge in [-0.25, -0.2) is 0 Å². The van der Waals surface area contributed by atoms with E-state index >= 15 is 0 Å². The van der Waals surface area contributed by atoms with Gasteiger partial charge < -0.3 is 10.8 Å². The summed E-state index contributed by atoms with van der Waals surface area (Å²) in [7, 11) is 1.50. The van der Waals surface area contributed by atoms with Crippen LogP contribution >= 0.6 is 0 Å². The minimum absolute atomic E-state index is 0.0370. The first-order valence-electron chi connectivity index (χ1n) is 3.06. The molecule has 0 bridgehead atoms. The second kappa shape index (κ2) is 3.87. The minimum Gasteiger partial charge on any atom is -0.393 e. The fraction of sp³-hybridized carbons (Fsp3) is 1.00. The van der Waals surface area contributed by atoms with Crippen molar-refractivity contribution in [2.24, 2.45) is 11.7 Å². The van der Waals surface area contributed by atoms with Gasteiger partial charge in [0, 0.05) is 0 Å². The molecule has 50 valence electrons. The summed E-state index contributed by atoms with van der Waals surface area (Å²) in [5.74, 6) is 0.657. The van der Waals surface area contributed by atoms with E-state index in [1.54, 1.807) is 0 Å². The third-order valence-corrected chi connectivity index (χ3v) is 1.30. The summed E-state index contributed by atoms with van der Waals surface area (Å²) in [5.41, 5.74) is 4.50. The second-order valence-corrected chi connectivity index (χ2v) is 2.08. The lowest BCUT2D eigenvalue weighted by Gasteiger charge is -1.93. The van der Waals surface area contributed by atoms with Gasteiger partial charge in [0.05, 0.1) is 6.10 Å². The van der Waals surface area contributed by atoms with E-state index < -0.39 is 0 Å². The fourth-order valence-corrected chi connectivity index (χ4v) is 0.579. The topological polar surface area (TPSA) is 46.2 Å². The molecule has 2 nitrogen and oxygen atoms in total. The third kappa shape index (κ3) is 2.99. The van der Waals surface area contributed by atoms with Crippen LogP contribution in [0.25, 0.3) is 0 Å². The van der Waals surface area contributed by atoms with Crippen LogP contribution in [-0.2, 0) is 0 Å². The average Bonchev–Trinajstić information content (AvgIpc) is 2.50. The van der Waals surface area contributed by atoms with E-state index in [-0.39, 0.29) is 6.10 Å². The molecule has 1 aliphatic rings. The molecule has 1 aliphatic carbocycles. The molecule has 1 unspecified atom stereocenters. The van der Waals surface area contributed by atoms with Gasteiger partial charge in [0.1, 0.15) is 0 Å². The highest BCUT2D eigenvalue weighted by Crippen LogP contribution is 2.31. The Balaban J connectivity index is 0.000000222. The molecule has 0 amide bonds. The van der Waals surface area contributed by atoms with Crippen molar-refractivity contribution in [3.63, 3.8) is 0 Å². The summed E-state index contributed by atoms with van der Waals surface area (Å²) < 4.78 is 0. The summed E-state index contributed by atoms with van der Waals surface area (Å²) in [6.45, 7) is 1.86. The Kier molecular flexibility index (Phi) is 3.83. The average molecular weight is 117 g/mol. The zero-order chi connectivity index (χ0) is 6.57. The minimum atomic E-state index is -0.0370. The van der Waals surface area contributed by atoms with Crippen LogP contribution in [0.5, 0.6) is 0 Å². The lowest BCUT2D eigenvalue weighted by Crippen LogP contribution is -1.99. The number of nitrogens with two attached hydrogens (primary N) is 1. The first-order valence-corrected chi connectivity index (χ1v) is 3.06. The van der Waals surface area contributed by atoms with Gasteiger partial charge in [-0.05, 0) is 32.7 Å². The van der Waals surface area contributed by atoms with Gasteiger partial charge in [-0.1, -0.05) is 0 Å². The number of rotatable bonds is 1. The molecule has 1 rings (SSSR count). The molecule has 0 aromatic heterocycles. The second-order valence-electron chi connectivity index (χ2n) is 2.08. The van der Waals surface area contributed by atoms with Crippen LogP contribution in [0.3, 0.4) is 0 Å². The summed E-state index contributed by atoms with van der Waals surface area (Å²) in [6.07, 6.45) is 2.46. The van der Waals surface area contributed by atoms with E-state index in [4.69, 9.17) is 5.11 Å². The zero-order valence-electron chi connectivity index (χ0n) is 5.59. The Morgan fingerprint density at radius 2 is 1.88 bits per heavy atom. The summed E-state index contributed by atoms with van der Waals surface area (Å²) in [5, 5.41) is 8.69. The molecule has 3 N–H and O–H groups in total. The SMILES string of the molecule is CC(O)C1CC1.CN. The standard InChI is InChI=1S/C5H10O.CH5N/c1-4(6)5-2-3-5;1-2/h4-6H,2-3H2,1H3;2H2,1H3. The van der Waals surface area contributed by atoms with Gasteiger partial charge in [-0.2, -0.15) is 0 Å². The van der Waals surface area contributed by atoms with Crippen LogP contribution < -0.4 is 5.73 Å². The van der Waals surface area contributed by atoms with Crippen LogP contribution in [0.2, 0.25) is 0 Å². The van der Waals surface area contributed by atoms with Crippen LogP contribution in [0.4, 0.5) is 0 Å². The van der Waals surface area contributed by atoms with Crippen molar-refractivity contribution >= 4 is 0 Å². The van der Waals surface area contributed by atoms with Crippen molar-refractivity contribution in [1.82, 2.24) is 0 Å². The molecule has 1 atom stereocenters. The highest BCUT2D eigenvalue weighted by molar-refractivity contribution is 4.77. The van der Waals surface area contributed by atoms with Gasteiger partial charge in [0.2, 0.25) is 0 Å². The molecule has 0 aromatic rings. The first kappa shape index (κ1) is 7.92. The normalized spacial score (nSPS) is 21.0. The van der Waals surface area contributed by atoms with Crippen LogP contribution in [-0.4, -0.2) is 18.3 Å². The van der Waals surface area contributed by atoms with E-state index in [1.807, 2.05) is 6.92 Å². The highest BCUT2D eigenvalue weighted by Gasteiger charge is 2.25. The number of aliphatic hydroxyl groups is 1. The maximum atomic E-state index is 8.69. The number of hydrogen-bond acceptors (Lipinski definition) is 2. The van der Waals surface area contributed by atoms with Crippen molar-refractivity contribution in [1.29, 1.82) is 0 Å². The summed E-state index contributed by atoms with van der Waals surface area (Å²) in [6, 6.07) is 0. The Morgan fingerprint density at radius 1 is 1.50 bits per heavy atom. The predicted octanol–water partition coefficient (Wildman–Crippen LogP) is 0.352. The number of aliphatic hydroxyl groups excluding tert-OH is 1. The van der Waals surface area contributed by atoms with Crippen molar-refractivity contribution < 1.29 is 5.11 Å². The van der Waals surface area contributed by atoms with Gasteiger partial charge in [0.25, 0.3) is 0 Å². The Morgan fingerprint density at radius 3 is 1.88 bits per heavy atom. The van der Waals surface area contributed by atoms with Crippen molar-refractivity contribution in [2.75, 3.05) is 7.05 Å². The van der Waals surface area contributed by atoms with Gasteiger partial charge in [0.15, 0.2) is 0 Å². The quantitative estimate of drug-likeness (QED) is 0.520. The summed E-state index contributed by atoms with van der Waals surface area (Å²) in [4.78, 5) is 0. The monoisotopic (exact) mass is 117 g/mol. The predicted molar refractivity (Wildman–Crippen MR) is 34.5 cm³/mol. The van der Waals surface area contributed by atoms with E-state index in [9.17, 15) is 0 Å². The van der Waals surface area contributed by atoms with E-state index in [2.05, 4.69) is 5.73 Å². The fourth-order valence-electron chi connectivity index (χ4n) is 0.579.